The summed E-state index contributed by atoms with van der Waals surface area (Å²) in [4.78, 5) is 1.65. The van der Waals surface area contributed by atoms with E-state index in [2.05, 4.69) is 18.2 Å². The average molecular weight is 753 g/mol. The Morgan fingerprint density at radius 2 is 0.948 bits per heavy atom. The number of fused-ring (bicyclic) bond motifs is 6. The Labute approximate surface area is 355 Å². The lowest BCUT2D eigenvalue weighted by Gasteiger charge is -2.27. The van der Waals surface area contributed by atoms with Gasteiger partial charge in [-0.2, -0.15) is 0 Å². The van der Waals surface area contributed by atoms with Crippen LogP contribution in [-0.2, 0) is 0 Å². The maximum atomic E-state index is 9.70. The molecule has 0 aliphatic heterocycles. The third kappa shape index (κ3) is 6.00. The Kier molecular flexibility index (Phi) is 5.54. The van der Waals surface area contributed by atoms with E-state index in [9.17, 15) is 5.48 Å². The van der Waals surface area contributed by atoms with Crippen LogP contribution in [0.5, 0.6) is 0 Å². The fraction of sp³-hybridized carbons (Fsp3) is 0. The van der Waals surface area contributed by atoms with Gasteiger partial charge in [0, 0.05) is 33.2 Å². The SMILES string of the molecule is [2H]c1c([2H])c([2H])c(-c2c([2H])c([2H])c(-c3c([2H])c([2H])c(N(c4cccc(-c5ccc6ccccc6c5)c4)c4cccc(-c5cccc6oc7c8ccccc8ccc7c56)c4)c([2H])c3[2H])c([2H])c2[2H])c([2H])c1[2H]. The quantitative estimate of drug-likeness (QED) is 0.161. The highest BCUT2D eigenvalue weighted by atomic mass is 16.3. The highest BCUT2D eigenvalue weighted by molar-refractivity contribution is 6.19. The van der Waals surface area contributed by atoms with Gasteiger partial charge in [-0.1, -0.05) is 170 Å². The van der Waals surface area contributed by atoms with Gasteiger partial charge in [-0.15, -0.1) is 0 Å². The van der Waals surface area contributed by atoms with Gasteiger partial charge in [-0.3, -0.25) is 0 Å². The summed E-state index contributed by atoms with van der Waals surface area (Å²) in [7, 11) is 0. The molecule has 1 aromatic heterocycles. The third-order valence-corrected chi connectivity index (χ3v) is 10.5. The number of nitrogens with zero attached hydrogens (tertiary/aromatic N) is 1. The summed E-state index contributed by atoms with van der Waals surface area (Å²) in [5.41, 5.74) is 3.46. The van der Waals surface area contributed by atoms with Gasteiger partial charge >= 0.3 is 0 Å². The van der Waals surface area contributed by atoms with Gasteiger partial charge in [0.25, 0.3) is 0 Å². The van der Waals surface area contributed by atoms with Crippen LogP contribution in [0.4, 0.5) is 17.1 Å². The number of furan rings is 1. The highest BCUT2D eigenvalue weighted by Gasteiger charge is 2.18. The summed E-state index contributed by atoms with van der Waals surface area (Å²) in [6.07, 6.45) is 0. The van der Waals surface area contributed by atoms with Crippen molar-refractivity contribution in [3.63, 3.8) is 0 Å². The van der Waals surface area contributed by atoms with Crippen molar-refractivity contribution in [2.24, 2.45) is 0 Å². The minimum atomic E-state index is -0.780. The van der Waals surface area contributed by atoms with Crippen LogP contribution in [0, 0.1) is 0 Å². The number of anilines is 3. The standard InChI is InChI=1S/C56H37NO/c1-2-11-38(12-3-1)40-23-25-41(26-24-40)42-29-32-48(33-30-42)57(49-18-8-16-45(36-49)46-28-27-39-13-4-5-15-44(39)35-46)50-19-9-17-47(37-50)51-21-10-22-54-55(51)53-34-31-43-14-6-7-20-52(43)56(53)58-54/h1-37H/i1D,2D,3D,11D,12D,23D,24D,25D,26D,29D,30D,32D,33D. The number of benzene rings is 10. The zero-order valence-electron chi connectivity index (χ0n) is 43.7. The molecule has 2 heteroatoms. The second kappa shape index (κ2) is 14.1. The fourth-order valence-corrected chi connectivity index (χ4v) is 7.69. The molecular formula is C56H37NO. The van der Waals surface area contributed by atoms with E-state index in [-0.39, 0.29) is 5.69 Å². The molecule has 0 aliphatic rings. The third-order valence-electron chi connectivity index (χ3n) is 10.5. The molecular weight excluding hydrogens is 703 g/mol. The van der Waals surface area contributed by atoms with Crippen molar-refractivity contribution in [3.8, 4) is 44.5 Å². The van der Waals surface area contributed by atoms with E-state index < -0.39 is 101 Å². The monoisotopic (exact) mass is 752 g/mol. The molecule has 0 radical (unpaired) electrons. The molecule has 272 valence electrons. The second-order valence-corrected chi connectivity index (χ2v) is 13.9. The van der Waals surface area contributed by atoms with E-state index in [4.69, 9.17) is 16.8 Å². The lowest BCUT2D eigenvalue weighted by Crippen LogP contribution is -2.10. The minimum absolute atomic E-state index is 0.152. The molecule has 0 spiro atoms. The Bertz CT molecular complexity index is 3990. The van der Waals surface area contributed by atoms with Crippen LogP contribution in [0.2, 0.25) is 0 Å². The first-order chi connectivity index (χ1) is 34.2. The summed E-state index contributed by atoms with van der Waals surface area (Å²) in [5, 5.41) is 5.92. The van der Waals surface area contributed by atoms with E-state index in [1.807, 2.05) is 127 Å². The number of rotatable bonds is 7. The minimum Gasteiger partial charge on any atom is -0.455 e. The molecule has 0 N–H and O–H groups in total. The van der Waals surface area contributed by atoms with Crippen molar-refractivity contribution >= 4 is 60.5 Å². The average Bonchev–Trinajstić information content (AvgIpc) is 3.79. The molecule has 0 saturated heterocycles. The van der Waals surface area contributed by atoms with Crippen molar-refractivity contribution in [2.75, 3.05) is 4.90 Å². The molecule has 2 nitrogen and oxygen atoms in total. The van der Waals surface area contributed by atoms with Crippen molar-refractivity contribution in [3.05, 3.63) is 224 Å². The Morgan fingerprint density at radius 3 is 1.71 bits per heavy atom. The molecule has 10 aromatic carbocycles. The van der Waals surface area contributed by atoms with Crippen LogP contribution in [0.1, 0.15) is 17.8 Å². The molecule has 0 atom stereocenters. The highest BCUT2D eigenvalue weighted by Crippen LogP contribution is 2.43. The van der Waals surface area contributed by atoms with Crippen molar-refractivity contribution < 1.29 is 22.2 Å². The smallest absolute Gasteiger partial charge is 0.143 e. The zero-order chi connectivity index (χ0) is 49.7. The summed E-state index contributed by atoms with van der Waals surface area (Å²) >= 11 is 0. The van der Waals surface area contributed by atoms with Crippen LogP contribution >= 0.6 is 0 Å². The van der Waals surface area contributed by atoms with E-state index in [0.717, 1.165) is 60.2 Å². The molecule has 11 aromatic rings. The molecule has 1 heterocycles. The molecule has 58 heavy (non-hydrogen) atoms. The molecule has 11 rings (SSSR count). The van der Waals surface area contributed by atoms with Crippen molar-refractivity contribution in [2.45, 2.75) is 0 Å². The van der Waals surface area contributed by atoms with Crippen molar-refractivity contribution in [1.82, 2.24) is 0 Å². The Balaban J connectivity index is 1.12. The van der Waals surface area contributed by atoms with Crippen LogP contribution < -0.4 is 4.90 Å². The number of hydrogen-bond donors (Lipinski definition) is 0. The molecule has 0 amide bonds. The van der Waals surface area contributed by atoms with Gasteiger partial charge in [0.1, 0.15) is 11.2 Å². The largest absolute Gasteiger partial charge is 0.455 e. The van der Waals surface area contributed by atoms with Crippen LogP contribution in [-0.4, -0.2) is 0 Å². The number of hydrogen-bond acceptors (Lipinski definition) is 2. The second-order valence-electron chi connectivity index (χ2n) is 13.9. The maximum absolute atomic E-state index is 9.70. The maximum Gasteiger partial charge on any atom is 0.143 e. The normalized spacial score (nSPS) is 14.6. The first-order valence-corrected chi connectivity index (χ1v) is 18.8. The van der Waals surface area contributed by atoms with E-state index in [0.29, 0.717) is 17.0 Å². The summed E-state index contributed by atoms with van der Waals surface area (Å²) in [5.74, 6) is 0. The zero-order valence-corrected chi connectivity index (χ0v) is 30.7. The van der Waals surface area contributed by atoms with Crippen LogP contribution in [0.3, 0.4) is 0 Å². The molecule has 0 aliphatic carbocycles. The topological polar surface area (TPSA) is 16.4 Å². The fourth-order valence-electron chi connectivity index (χ4n) is 7.69. The Morgan fingerprint density at radius 1 is 0.362 bits per heavy atom. The molecule has 0 bridgehead atoms. The van der Waals surface area contributed by atoms with Gasteiger partial charge in [0.15, 0.2) is 0 Å². The lowest BCUT2D eigenvalue weighted by atomic mass is 9.97. The summed E-state index contributed by atoms with van der Waals surface area (Å²) in [6, 6.07) is 38.1. The van der Waals surface area contributed by atoms with Gasteiger partial charge < -0.3 is 9.32 Å². The van der Waals surface area contributed by atoms with Crippen molar-refractivity contribution in [1.29, 1.82) is 0 Å². The van der Waals surface area contributed by atoms with E-state index in [1.165, 1.54) is 0 Å². The van der Waals surface area contributed by atoms with Gasteiger partial charge in [0.05, 0.1) is 17.8 Å². The van der Waals surface area contributed by atoms with Gasteiger partial charge in [-0.25, -0.2) is 0 Å². The van der Waals surface area contributed by atoms with E-state index >= 15 is 0 Å². The first kappa shape index (κ1) is 22.8. The lowest BCUT2D eigenvalue weighted by molar-refractivity contribution is 0.673. The van der Waals surface area contributed by atoms with Gasteiger partial charge in [0.2, 0.25) is 0 Å². The predicted molar refractivity (Wildman–Crippen MR) is 245 cm³/mol. The Hall–Kier alpha value is -7.68. The summed E-state index contributed by atoms with van der Waals surface area (Å²) in [6.45, 7) is 0. The van der Waals surface area contributed by atoms with E-state index in [1.54, 1.807) is 4.90 Å². The molecule has 0 fully saturated rings. The predicted octanol–water partition coefficient (Wildman–Crippen LogP) is 16.0. The molecule has 0 unspecified atom stereocenters. The van der Waals surface area contributed by atoms with Crippen LogP contribution in [0.15, 0.2) is 229 Å². The van der Waals surface area contributed by atoms with Crippen LogP contribution in [0.25, 0.3) is 88.0 Å². The van der Waals surface area contributed by atoms with Gasteiger partial charge in [-0.05, 0) is 115 Å². The molecule has 0 saturated carbocycles. The first-order valence-electron chi connectivity index (χ1n) is 25.3. The summed E-state index contributed by atoms with van der Waals surface area (Å²) < 4.78 is 123.